The van der Waals surface area contributed by atoms with E-state index in [1.54, 1.807) is 13.2 Å². The summed E-state index contributed by atoms with van der Waals surface area (Å²) in [5, 5.41) is 3.26. The molecule has 0 spiro atoms. The van der Waals surface area contributed by atoms with Crippen LogP contribution in [0.5, 0.6) is 5.75 Å². The molecular formula is C15H15BrFNO. The molecule has 0 aliphatic heterocycles. The third kappa shape index (κ3) is 3.47. The number of halogens is 2. The molecule has 19 heavy (non-hydrogen) atoms. The smallest absolute Gasteiger partial charge is 0.137 e. The Morgan fingerprint density at radius 3 is 2.63 bits per heavy atom. The van der Waals surface area contributed by atoms with Crippen LogP contribution in [-0.4, -0.2) is 7.11 Å². The first kappa shape index (κ1) is 13.9. The number of anilines is 1. The molecule has 0 radical (unpaired) electrons. The van der Waals surface area contributed by atoms with Crippen molar-refractivity contribution in [2.75, 3.05) is 12.4 Å². The standard InChI is InChI=1S/C15H15BrFNO/c1-10-7-12(4-6-15(10)19-2)18-9-11-3-5-13(16)14(17)8-11/h3-8,18H,9H2,1-2H3. The van der Waals surface area contributed by atoms with E-state index in [0.29, 0.717) is 11.0 Å². The molecule has 2 aromatic rings. The van der Waals surface area contributed by atoms with Gasteiger partial charge >= 0.3 is 0 Å². The van der Waals surface area contributed by atoms with Crippen LogP contribution in [0.25, 0.3) is 0 Å². The summed E-state index contributed by atoms with van der Waals surface area (Å²) in [4.78, 5) is 0. The fourth-order valence-corrected chi connectivity index (χ4v) is 2.09. The van der Waals surface area contributed by atoms with E-state index in [1.807, 2.05) is 31.2 Å². The molecule has 0 saturated carbocycles. The van der Waals surface area contributed by atoms with Gasteiger partial charge in [-0.2, -0.15) is 0 Å². The van der Waals surface area contributed by atoms with Gasteiger partial charge in [-0.15, -0.1) is 0 Å². The zero-order valence-corrected chi connectivity index (χ0v) is 12.4. The Morgan fingerprint density at radius 1 is 1.21 bits per heavy atom. The summed E-state index contributed by atoms with van der Waals surface area (Å²) in [5.74, 6) is 0.616. The van der Waals surface area contributed by atoms with Gasteiger partial charge in [-0.05, 0) is 64.3 Å². The first-order valence-corrected chi connectivity index (χ1v) is 6.72. The van der Waals surface area contributed by atoms with Gasteiger partial charge in [-0.1, -0.05) is 6.07 Å². The number of benzene rings is 2. The molecule has 0 saturated heterocycles. The Labute approximate surface area is 120 Å². The van der Waals surface area contributed by atoms with Gasteiger partial charge in [0.15, 0.2) is 0 Å². The summed E-state index contributed by atoms with van der Waals surface area (Å²) in [6, 6.07) is 11.0. The number of rotatable bonds is 4. The summed E-state index contributed by atoms with van der Waals surface area (Å²) >= 11 is 3.14. The highest BCUT2D eigenvalue weighted by Crippen LogP contribution is 2.22. The maximum Gasteiger partial charge on any atom is 0.137 e. The van der Waals surface area contributed by atoms with Gasteiger partial charge in [0.1, 0.15) is 11.6 Å². The quantitative estimate of drug-likeness (QED) is 0.893. The fraction of sp³-hybridized carbons (Fsp3) is 0.200. The molecule has 0 bridgehead atoms. The average molecular weight is 324 g/mol. The predicted octanol–water partition coefficient (Wildman–Crippen LogP) is 4.52. The van der Waals surface area contributed by atoms with Gasteiger partial charge < -0.3 is 10.1 Å². The summed E-state index contributed by atoms with van der Waals surface area (Å²) in [6.45, 7) is 2.57. The lowest BCUT2D eigenvalue weighted by Crippen LogP contribution is -2.00. The first-order valence-electron chi connectivity index (χ1n) is 5.92. The van der Waals surface area contributed by atoms with Crippen molar-refractivity contribution in [1.82, 2.24) is 0 Å². The molecule has 4 heteroatoms. The molecule has 100 valence electrons. The second-order valence-corrected chi connectivity index (χ2v) is 5.14. The van der Waals surface area contributed by atoms with E-state index < -0.39 is 0 Å². The summed E-state index contributed by atoms with van der Waals surface area (Å²) in [7, 11) is 1.65. The summed E-state index contributed by atoms with van der Waals surface area (Å²) < 4.78 is 19.1. The molecule has 2 rings (SSSR count). The second kappa shape index (κ2) is 6.06. The maximum atomic E-state index is 13.4. The van der Waals surface area contributed by atoms with Gasteiger partial charge in [0.25, 0.3) is 0 Å². The lowest BCUT2D eigenvalue weighted by molar-refractivity contribution is 0.412. The average Bonchev–Trinajstić information content (AvgIpc) is 2.40. The van der Waals surface area contributed by atoms with Crippen molar-refractivity contribution in [2.24, 2.45) is 0 Å². The minimum absolute atomic E-state index is 0.245. The van der Waals surface area contributed by atoms with Gasteiger partial charge in [-0.25, -0.2) is 4.39 Å². The van der Waals surface area contributed by atoms with E-state index in [2.05, 4.69) is 21.2 Å². The number of aryl methyl sites for hydroxylation is 1. The van der Waals surface area contributed by atoms with E-state index in [4.69, 9.17) is 4.74 Å². The van der Waals surface area contributed by atoms with Crippen molar-refractivity contribution in [3.8, 4) is 5.75 Å². The Balaban J connectivity index is 2.05. The van der Waals surface area contributed by atoms with E-state index in [-0.39, 0.29) is 5.82 Å². The summed E-state index contributed by atoms with van der Waals surface area (Å²) in [5.41, 5.74) is 2.95. The van der Waals surface area contributed by atoms with E-state index in [1.165, 1.54) is 6.07 Å². The zero-order chi connectivity index (χ0) is 13.8. The van der Waals surface area contributed by atoms with Crippen molar-refractivity contribution in [2.45, 2.75) is 13.5 Å². The van der Waals surface area contributed by atoms with E-state index in [0.717, 1.165) is 22.6 Å². The molecule has 0 aromatic heterocycles. The highest BCUT2D eigenvalue weighted by atomic mass is 79.9. The lowest BCUT2D eigenvalue weighted by atomic mass is 10.2. The third-order valence-electron chi connectivity index (χ3n) is 2.88. The topological polar surface area (TPSA) is 21.3 Å². The van der Waals surface area contributed by atoms with Crippen molar-refractivity contribution >= 4 is 21.6 Å². The van der Waals surface area contributed by atoms with Crippen LogP contribution in [0.15, 0.2) is 40.9 Å². The molecule has 0 heterocycles. The molecule has 0 amide bonds. The highest BCUT2D eigenvalue weighted by Gasteiger charge is 2.02. The second-order valence-electron chi connectivity index (χ2n) is 4.29. The Bertz CT molecular complexity index is 586. The van der Waals surface area contributed by atoms with Crippen LogP contribution in [0.3, 0.4) is 0 Å². The Hall–Kier alpha value is -1.55. The maximum absolute atomic E-state index is 13.4. The van der Waals surface area contributed by atoms with Gasteiger partial charge in [0.05, 0.1) is 11.6 Å². The normalized spacial score (nSPS) is 10.3. The number of ether oxygens (including phenoxy) is 1. The van der Waals surface area contributed by atoms with Crippen LogP contribution in [0.2, 0.25) is 0 Å². The van der Waals surface area contributed by atoms with Gasteiger partial charge in [0, 0.05) is 12.2 Å². The molecule has 0 atom stereocenters. The molecule has 2 nitrogen and oxygen atoms in total. The van der Waals surface area contributed by atoms with Crippen molar-refractivity contribution in [1.29, 1.82) is 0 Å². The van der Waals surface area contributed by atoms with Crippen molar-refractivity contribution in [3.63, 3.8) is 0 Å². The number of hydrogen-bond acceptors (Lipinski definition) is 2. The molecule has 1 N–H and O–H groups in total. The SMILES string of the molecule is COc1ccc(NCc2ccc(Br)c(F)c2)cc1C. The monoisotopic (exact) mass is 323 g/mol. The van der Waals surface area contributed by atoms with Crippen LogP contribution in [-0.2, 0) is 6.54 Å². The third-order valence-corrected chi connectivity index (χ3v) is 3.52. The largest absolute Gasteiger partial charge is 0.496 e. The minimum atomic E-state index is -0.245. The Kier molecular flexibility index (Phi) is 4.43. The zero-order valence-electron chi connectivity index (χ0n) is 10.8. The molecule has 0 unspecified atom stereocenters. The van der Waals surface area contributed by atoms with Crippen LogP contribution >= 0.6 is 15.9 Å². The number of nitrogens with one attached hydrogen (secondary N) is 1. The molecule has 2 aromatic carbocycles. The molecular weight excluding hydrogens is 309 g/mol. The van der Waals surface area contributed by atoms with E-state index >= 15 is 0 Å². The minimum Gasteiger partial charge on any atom is -0.496 e. The Morgan fingerprint density at radius 2 is 2.00 bits per heavy atom. The van der Waals surface area contributed by atoms with Crippen molar-refractivity contribution < 1.29 is 9.13 Å². The van der Waals surface area contributed by atoms with Gasteiger partial charge in [0.2, 0.25) is 0 Å². The predicted molar refractivity (Wildman–Crippen MR) is 79.2 cm³/mol. The lowest BCUT2D eigenvalue weighted by Gasteiger charge is -2.10. The molecule has 0 aliphatic rings. The highest BCUT2D eigenvalue weighted by molar-refractivity contribution is 9.10. The van der Waals surface area contributed by atoms with Crippen LogP contribution in [0.4, 0.5) is 10.1 Å². The number of methoxy groups -OCH3 is 1. The molecule has 0 aliphatic carbocycles. The fourth-order valence-electron chi connectivity index (χ4n) is 1.84. The number of hydrogen-bond donors (Lipinski definition) is 1. The van der Waals surface area contributed by atoms with Crippen molar-refractivity contribution in [3.05, 3.63) is 57.8 Å². The van der Waals surface area contributed by atoms with E-state index in [9.17, 15) is 4.39 Å². The van der Waals surface area contributed by atoms with Crippen LogP contribution in [0.1, 0.15) is 11.1 Å². The summed E-state index contributed by atoms with van der Waals surface area (Å²) in [6.07, 6.45) is 0. The van der Waals surface area contributed by atoms with Crippen LogP contribution < -0.4 is 10.1 Å². The van der Waals surface area contributed by atoms with Crippen LogP contribution in [0, 0.1) is 12.7 Å². The first-order chi connectivity index (χ1) is 9.10. The molecule has 0 fully saturated rings. The van der Waals surface area contributed by atoms with Gasteiger partial charge in [-0.3, -0.25) is 0 Å².